The second-order valence-corrected chi connectivity index (χ2v) is 11.1. The van der Waals surface area contributed by atoms with E-state index < -0.39 is 0 Å². The van der Waals surface area contributed by atoms with Gasteiger partial charge in [0.15, 0.2) is 0 Å². The van der Waals surface area contributed by atoms with E-state index in [1.54, 1.807) is 4.88 Å². The summed E-state index contributed by atoms with van der Waals surface area (Å²) in [6.45, 7) is 4.23. The minimum atomic E-state index is 0.396. The molecular weight excluding hydrogens is 340 g/mol. The number of hydrogen-bond acceptors (Lipinski definition) is 3. The predicted molar refractivity (Wildman–Crippen MR) is 104 cm³/mol. The van der Waals surface area contributed by atoms with Crippen LogP contribution < -0.4 is 0 Å². The number of fused-ring (bicyclic) bond motifs is 1. The number of carbonyl (C=O) groups is 1. The van der Waals surface area contributed by atoms with Gasteiger partial charge in [-0.3, -0.25) is 9.69 Å². The zero-order valence-corrected chi connectivity index (χ0v) is 16.5. The summed E-state index contributed by atoms with van der Waals surface area (Å²) in [5.41, 5.74) is 1.92. The lowest BCUT2D eigenvalue weighted by Crippen LogP contribution is -2.62. The van der Waals surface area contributed by atoms with E-state index in [4.69, 9.17) is 0 Å². The van der Waals surface area contributed by atoms with Gasteiger partial charge in [-0.25, -0.2) is 0 Å². The Morgan fingerprint density at radius 3 is 2.50 bits per heavy atom. The first-order valence-corrected chi connectivity index (χ1v) is 11.6. The molecule has 1 amide bonds. The van der Waals surface area contributed by atoms with E-state index in [0.29, 0.717) is 17.4 Å². The van der Waals surface area contributed by atoms with Crippen molar-refractivity contribution in [1.29, 1.82) is 0 Å². The average Bonchev–Trinajstić information content (AvgIpc) is 2.99. The molecule has 26 heavy (non-hydrogen) atoms. The second kappa shape index (κ2) is 5.81. The first-order valence-electron chi connectivity index (χ1n) is 10.7. The Morgan fingerprint density at radius 2 is 1.81 bits per heavy atom. The van der Waals surface area contributed by atoms with E-state index in [1.165, 1.54) is 57.1 Å². The molecule has 0 spiro atoms. The third-order valence-corrected chi connectivity index (χ3v) is 9.28. The van der Waals surface area contributed by atoms with Gasteiger partial charge in [0.1, 0.15) is 0 Å². The topological polar surface area (TPSA) is 23.6 Å². The Balaban J connectivity index is 1.06. The van der Waals surface area contributed by atoms with Crippen molar-refractivity contribution in [3.63, 3.8) is 0 Å². The monoisotopic (exact) mass is 370 g/mol. The number of carbonyl (C=O) groups excluding carboxylic acids is 1. The summed E-state index contributed by atoms with van der Waals surface area (Å²) in [5.74, 6) is 3.32. The van der Waals surface area contributed by atoms with Crippen molar-refractivity contribution >= 4 is 17.2 Å². The van der Waals surface area contributed by atoms with Crippen LogP contribution in [0.5, 0.6) is 0 Å². The van der Waals surface area contributed by atoms with Gasteiger partial charge in [-0.1, -0.05) is 0 Å². The molecular formula is C22H30N2OS. The summed E-state index contributed by atoms with van der Waals surface area (Å²) in [6, 6.07) is 2.89. The summed E-state index contributed by atoms with van der Waals surface area (Å²) < 4.78 is 0. The second-order valence-electron chi connectivity index (χ2n) is 10.1. The molecule has 4 bridgehead atoms. The minimum absolute atomic E-state index is 0.396. The molecule has 0 aromatic carbocycles. The molecule has 3 nitrogen and oxygen atoms in total. The van der Waals surface area contributed by atoms with E-state index in [2.05, 4.69) is 21.2 Å². The Bertz CT molecular complexity index is 684. The van der Waals surface area contributed by atoms with Crippen LogP contribution in [-0.2, 0) is 17.8 Å². The molecule has 3 heterocycles. The average molecular weight is 371 g/mol. The standard InChI is InChI=1S/C22H30N2OS/c25-21(11-22-8-15-5-16(9-22)7-17(6-15)10-22)24-13-19(14-24)23-3-1-20-18(12-23)2-4-26-20/h2,4,15-17,19H,1,3,5-14H2. The minimum Gasteiger partial charge on any atom is -0.339 e. The molecule has 0 N–H and O–H groups in total. The molecule has 1 aromatic rings. The lowest BCUT2D eigenvalue weighted by atomic mass is 9.49. The number of likely N-dealkylation sites (tertiary alicyclic amines) is 1. The SMILES string of the molecule is O=C(CC12CC3CC(CC(C3)C1)C2)N1CC(N2CCc3sccc3C2)C1. The fourth-order valence-electron chi connectivity index (χ4n) is 7.41. The van der Waals surface area contributed by atoms with Crippen molar-refractivity contribution in [2.45, 2.75) is 64.0 Å². The van der Waals surface area contributed by atoms with Crippen molar-refractivity contribution in [3.8, 4) is 0 Å². The first kappa shape index (κ1) is 16.1. The number of thiophene rings is 1. The van der Waals surface area contributed by atoms with Gasteiger partial charge in [-0.15, -0.1) is 11.3 Å². The van der Waals surface area contributed by atoms with Crippen LogP contribution in [0, 0.1) is 23.2 Å². The zero-order chi connectivity index (χ0) is 17.3. The van der Waals surface area contributed by atoms with E-state index in [-0.39, 0.29) is 0 Å². The Kier molecular flexibility index (Phi) is 3.60. The summed E-state index contributed by atoms with van der Waals surface area (Å²) in [4.78, 5) is 19.4. The van der Waals surface area contributed by atoms with Gasteiger partial charge in [-0.05, 0) is 85.1 Å². The molecule has 4 aliphatic carbocycles. The van der Waals surface area contributed by atoms with E-state index in [1.807, 2.05) is 11.3 Å². The quantitative estimate of drug-likeness (QED) is 0.805. The Hall–Kier alpha value is -0.870. The summed E-state index contributed by atoms with van der Waals surface area (Å²) >= 11 is 1.91. The van der Waals surface area contributed by atoms with E-state index in [0.717, 1.165) is 43.8 Å². The molecule has 7 rings (SSSR count). The van der Waals surface area contributed by atoms with Crippen LogP contribution in [0.25, 0.3) is 0 Å². The van der Waals surface area contributed by atoms with Crippen molar-refractivity contribution in [1.82, 2.24) is 9.80 Å². The third-order valence-electron chi connectivity index (χ3n) is 8.26. The van der Waals surface area contributed by atoms with Gasteiger partial charge in [-0.2, -0.15) is 0 Å². The molecule has 0 radical (unpaired) electrons. The largest absolute Gasteiger partial charge is 0.339 e. The molecule has 5 fully saturated rings. The maximum Gasteiger partial charge on any atom is 0.223 e. The van der Waals surface area contributed by atoms with E-state index in [9.17, 15) is 4.79 Å². The van der Waals surface area contributed by atoms with Crippen LogP contribution >= 0.6 is 11.3 Å². The van der Waals surface area contributed by atoms with Crippen LogP contribution in [0.2, 0.25) is 0 Å². The number of nitrogens with zero attached hydrogens (tertiary/aromatic N) is 2. The van der Waals surface area contributed by atoms with Crippen LogP contribution in [0.3, 0.4) is 0 Å². The van der Waals surface area contributed by atoms with Crippen LogP contribution in [0.1, 0.15) is 55.4 Å². The normalized spacial score (nSPS) is 39.1. The smallest absolute Gasteiger partial charge is 0.223 e. The fraction of sp³-hybridized carbons (Fsp3) is 0.773. The van der Waals surface area contributed by atoms with E-state index >= 15 is 0 Å². The molecule has 4 saturated carbocycles. The molecule has 0 unspecified atom stereocenters. The van der Waals surface area contributed by atoms with Crippen molar-refractivity contribution < 1.29 is 4.79 Å². The molecule has 4 heteroatoms. The van der Waals surface area contributed by atoms with Crippen molar-refractivity contribution in [2.75, 3.05) is 19.6 Å². The number of rotatable bonds is 3. The summed E-state index contributed by atoms with van der Waals surface area (Å²) in [5, 5.41) is 2.23. The number of amides is 1. The first-order chi connectivity index (χ1) is 12.7. The zero-order valence-electron chi connectivity index (χ0n) is 15.7. The highest BCUT2D eigenvalue weighted by Crippen LogP contribution is 2.61. The Labute approximate surface area is 160 Å². The van der Waals surface area contributed by atoms with Gasteiger partial charge < -0.3 is 4.90 Å². The predicted octanol–water partition coefficient (Wildman–Crippen LogP) is 3.92. The maximum absolute atomic E-state index is 13.0. The van der Waals surface area contributed by atoms with Gasteiger partial charge in [0.05, 0.1) is 0 Å². The summed E-state index contributed by atoms with van der Waals surface area (Å²) in [7, 11) is 0. The number of hydrogen-bond donors (Lipinski definition) is 0. The fourth-order valence-corrected chi connectivity index (χ4v) is 8.30. The van der Waals surface area contributed by atoms with Crippen LogP contribution in [0.15, 0.2) is 11.4 Å². The summed E-state index contributed by atoms with van der Waals surface area (Å²) in [6.07, 6.45) is 10.5. The lowest BCUT2D eigenvalue weighted by Gasteiger charge is -2.57. The molecule has 1 saturated heterocycles. The highest BCUT2D eigenvalue weighted by atomic mass is 32.1. The molecule has 1 aromatic heterocycles. The third kappa shape index (κ3) is 2.59. The highest BCUT2D eigenvalue weighted by Gasteiger charge is 2.52. The van der Waals surface area contributed by atoms with Gasteiger partial charge in [0.25, 0.3) is 0 Å². The van der Waals surface area contributed by atoms with Crippen LogP contribution in [-0.4, -0.2) is 41.4 Å². The molecule has 140 valence electrons. The lowest BCUT2D eigenvalue weighted by molar-refractivity contribution is -0.147. The molecule has 0 atom stereocenters. The highest BCUT2D eigenvalue weighted by molar-refractivity contribution is 7.10. The van der Waals surface area contributed by atoms with Gasteiger partial charge in [0.2, 0.25) is 5.91 Å². The van der Waals surface area contributed by atoms with Crippen molar-refractivity contribution in [3.05, 3.63) is 21.9 Å². The van der Waals surface area contributed by atoms with Crippen LogP contribution in [0.4, 0.5) is 0 Å². The molecule has 6 aliphatic rings. The Morgan fingerprint density at radius 1 is 1.12 bits per heavy atom. The van der Waals surface area contributed by atoms with Gasteiger partial charge >= 0.3 is 0 Å². The molecule has 2 aliphatic heterocycles. The van der Waals surface area contributed by atoms with Crippen molar-refractivity contribution in [2.24, 2.45) is 23.2 Å². The maximum atomic E-state index is 13.0. The van der Waals surface area contributed by atoms with Gasteiger partial charge in [0, 0.05) is 43.5 Å².